The fraction of sp³-hybridized carbons (Fsp3) is 0.471. The maximum atomic E-state index is 12.1. The number of hydrogen-bond donors (Lipinski definition) is 2. The highest BCUT2D eigenvalue weighted by Gasteiger charge is 2.22. The molecule has 1 aromatic rings. The van der Waals surface area contributed by atoms with Crippen LogP contribution in [0, 0.1) is 0 Å². The van der Waals surface area contributed by atoms with Crippen LogP contribution in [0.2, 0.25) is 0 Å². The summed E-state index contributed by atoms with van der Waals surface area (Å²) in [5.74, 6) is -0.276. The van der Waals surface area contributed by atoms with E-state index in [1.54, 1.807) is 6.08 Å². The van der Waals surface area contributed by atoms with Crippen LogP contribution in [0.25, 0.3) is 0 Å². The molecule has 116 valence electrons. The highest BCUT2D eigenvalue weighted by molar-refractivity contribution is 5.89. The Labute approximate surface area is 127 Å². The van der Waals surface area contributed by atoms with Crippen molar-refractivity contribution in [3.8, 4) is 0 Å². The highest BCUT2D eigenvalue weighted by atomic mass is 16.6. The van der Waals surface area contributed by atoms with Crippen molar-refractivity contribution in [3.63, 3.8) is 0 Å². The topological polar surface area (TPSA) is 64.3 Å². The zero-order valence-corrected chi connectivity index (χ0v) is 13.6. The van der Waals surface area contributed by atoms with Crippen LogP contribution in [0.15, 0.2) is 35.9 Å². The van der Waals surface area contributed by atoms with E-state index in [-0.39, 0.29) is 12.0 Å². The van der Waals surface area contributed by atoms with Crippen molar-refractivity contribution in [1.82, 2.24) is 5.32 Å². The molecule has 1 rings (SSSR count). The van der Waals surface area contributed by atoms with Gasteiger partial charge in [-0.1, -0.05) is 18.2 Å². The molecule has 4 heteroatoms. The number of nitrogen functional groups attached to an aromatic ring is 1. The summed E-state index contributed by atoms with van der Waals surface area (Å²) >= 11 is 0. The molecule has 0 unspecified atom stereocenters. The minimum Gasteiger partial charge on any atom is -0.457 e. The molecule has 0 fully saturated rings. The van der Waals surface area contributed by atoms with Gasteiger partial charge in [-0.2, -0.15) is 0 Å². The number of allylic oxidation sites excluding steroid dienone is 1. The van der Waals surface area contributed by atoms with Crippen molar-refractivity contribution in [2.75, 3.05) is 5.73 Å². The fourth-order valence-electron chi connectivity index (χ4n) is 1.90. The van der Waals surface area contributed by atoms with Gasteiger partial charge in [0.15, 0.2) is 0 Å². The third kappa shape index (κ3) is 6.00. The lowest BCUT2D eigenvalue weighted by Gasteiger charge is -2.23. The lowest BCUT2D eigenvalue weighted by Crippen LogP contribution is -2.34. The van der Waals surface area contributed by atoms with Gasteiger partial charge in [-0.3, -0.25) is 0 Å². The molecule has 0 amide bonds. The largest absolute Gasteiger partial charge is 0.457 e. The Hall–Kier alpha value is -1.81. The number of anilines is 1. The predicted octanol–water partition coefficient (Wildman–Crippen LogP) is 3.03. The van der Waals surface area contributed by atoms with Crippen molar-refractivity contribution < 1.29 is 9.53 Å². The van der Waals surface area contributed by atoms with Crippen molar-refractivity contribution in [1.29, 1.82) is 0 Å². The molecule has 0 bridgehead atoms. The Kier molecular flexibility index (Phi) is 5.97. The Morgan fingerprint density at radius 2 is 1.90 bits per heavy atom. The molecule has 0 spiro atoms. The summed E-state index contributed by atoms with van der Waals surface area (Å²) in [4.78, 5) is 12.1. The van der Waals surface area contributed by atoms with Gasteiger partial charge in [-0.15, -0.1) is 0 Å². The van der Waals surface area contributed by atoms with Gasteiger partial charge in [0.05, 0.1) is 0 Å². The summed E-state index contributed by atoms with van der Waals surface area (Å²) < 4.78 is 5.42. The van der Waals surface area contributed by atoms with Crippen LogP contribution in [0.3, 0.4) is 0 Å². The number of carbonyl (C=O) groups excluding carboxylic acids is 1. The first-order chi connectivity index (χ1) is 9.73. The summed E-state index contributed by atoms with van der Waals surface area (Å²) in [5.41, 5.74) is 7.68. The Morgan fingerprint density at radius 1 is 1.33 bits per heavy atom. The van der Waals surface area contributed by atoms with Crippen LogP contribution in [-0.4, -0.2) is 17.6 Å². The Balaban J connectivity index is 2.61. The third-order valence-corrected chi connectivity index (χ3v) is 3.00. The number of carbonyl (C=O) groups is 1. The third-order valence-electron chi connectivity index (χ3n) is 3.00. The molecule has 0 radical (unpaired) electrons. The lowest BCUT2D eigenvalue weighted by molar-refractivity contribution is -0.150. The minimum absolute atomic E-state index is 0.0811. The van der Waals surface area contributed by atoms with Crippen LogP contribution in [0.4, 0.5) is 5.69 Å². The summed E-state index contributed by atoms with van der Waals surface area (Å²) in [6.45, 7) is 10.1. The molecule has 0 saturated carbocycles. The van der Waals surface area contributed by atoms with Gasteiger partial charge in [-0.25, -0.2) is 4.79 Å². The van der Waals surface area contributed by atoms with E-state index in [0.717, 1.165) is 11.3 Å². The van der Waals surface area contributed by atoms with Gasteiger partial charge in [0.2, 0.25) is 0 Å². The second-order valence-corrected chi connectivity index (χ2v) is 6.09. The number of hydrogen-bond acceptors (Lipinski definition) is 4. The SMILES string of the molecule is C/C=C(\C(=O)OC(C)(C)C)[C@H](C)NCc1ccc(N)cc1. The van der Waals surface area contributed by atoms with E-state index >= 15 is 0 Å². The molecule has 1 atom stereocenters. The van der Waals surface area contributed by atoms with Crippen molar-refractivity contribution >= 4 is 11.7 Å². The van der Waals surface area contributed by atoms with Crippen LogP contribution < -0.4 is 11.1 Å². The summed E-state index contributed by atoms with van der Waals surface area (Å²) in [7, 11) is 0. The smallest absolute Gasteiger partial charge is 0.335 e. The first-order valence-corrected chi connectivity index (χ1v) is 7.20. The minimum atomic E-state index is -0.484. The van der Waals surface area contributed by atoms with E-state index < -0.39 is 5.60 Å². The average molecular weight is 290 g/mol. The fourth-order valence-corrected chi connectivity index (χ4v) is 1.90. The quantitative estimate of drug-likeness (QED) is 0.497. The second kappa shape index (κ2) is 7.27. The van der Waals surface area contributed by atoms with Gasteiger partial charge in [0, 0.05) is 23.8 Å². The summed E-state index contributed by atoms with van der Waals surface area (Å²) in [6.07, 6.45) is 1.80. The summed E-state index contributed by atoms with van der Waals surface area (Å²) in [5, 5.41) is 3.33. The van der Waals surface area contributed by atoms with Gasteiger partial charge in [0.25, 0.3) is 0 Å². The number of ether oxygens (including phenoxy) is 1. The predicted molar refractivity (Wildman–Crippen MR) is 86.8 cm³/mol. The highest BCUT2D eigenvalue weighted by Crippen LogP contribution is 2.14. The van der Waals surface area contributed by atoms with Gasteiger partial charge >= 0.3 is 5.97 Å². The van der Waals surface area contributed by atoms with E-state index in [4.69, 9.17) is 10.5 Å². The molecule has 0 aliphatic carbocycles. The molecule has 1 aromatic carbocycles. The normalized spacial score (nSPS) is 13.9. The maximum Gasteiger partial charge on any atom is 0.335 e. The standard InChI is InChI=1S/C17H26N2O2/c1-6-15(16(20)21-17(3,4)5)12(2)19-11-13-7-9-14(18)10-8-13/h6-10,12,19H,11,18H2,1-5H3/b15-6-/t12-/m0/s1. The van der Waals surface area contributed by atoms with Crippen molar-refractivity contribution in [2.45, 2.75) is 52.8 Å². The zero-order chi connectivity index (χ0) is 16.0. The monoisotopic (exact) mass is 290 g/mol. The van der Waals surface area contributed by atoms with Gasteiger partial charge in [-0.05, 0) is 52.3 Å². The molecule has 0 aliphatic heterocycles. The number of nitrogens with two attached hydrogens (primary N) is 1. The van der Waals surface area contributed by atoms with Crippen LogP contribution in [0.1, 0.15) is 40.2 Å². The Bertz CT molecular complexity index is 499. The molecular weight excluding hydrogens is 264 g/mol. The van der Waals surface area contributed by atoms with E-state index in [2.05, 4.69) is 5.32 Å². The number of rotatable bonds is 5. The molecule has 21 heavy (non-hydrogen) atoms. The van der Waals surface area contributed by atoms with E-state index in [1.165, 1.54) is 0 Å². The second-order valence-electron chi connectivity index (χ2n) is 6.09. The number of benzene rings is 1. The van der Waals surface area contributed by atoms with E-state index in [9.17, 15) is 4.79 Å². The Morgan fingerprint density at radius 3 is 2.38 bits per heavy atom. The van der Waals surface area contributed by atoms with Gasteiger partial charge in [0.1, 0.15) is 5.60 Å². The number of nitrogens with one attached hydrogen (secondary N) is 1. The van der Waals surface area contributed by atoms with Crippen molar-refractivity contribution in [2.24, 2.45) is 0 Å². The molecule has 0 aliphatic rings. The first-order valence-electron chi connectivity index (χ1n) is 7.20. The van der Waals surface area contributed by atoms with Crippen molar-refractivity contribution in [3.05, 3.63) is 41.5 Å². The zero-order valence-electron chi connectivity index (χ0n) is 13.6. The van der Waals surface area contributed by atoms with Crippen LogP contribution >= 0.6 is 0 Å². The molecule has 0 heterocycles. The van der Waals surface area contributed by atoms with Crippen LogP contribution in [0.5, 0.6) is 0 Å². The molecule has 0 aromatic heterocycles. The molecule has 4 nitrogen and oxygen atoms in total. The van der Waals surface area contributed by atoms with E-state index in [0.29, 0.717) is 12.1 Å². The number of esters is 1. The first kappa shape index (κ1) is 17.2. The lowest BCUT2D eigenvalue weighted by atomic mass is 10.1. The summed E-state index contributed by atoms with van der Waals surface area (Å²) in [6, 6.07) is 7.59. The van der Waals surface area contributed by atoms with Gasteiger partial charge < -0.3 is 15.8 Å². The molecule has 0 saturated heterocycles. The van der Waals surface area contributed by atoms with E-state index in [1.807, 2.05) is 58.9 Å². The maximum absolute atomic E-state index is 12.1. The molecular formula is C17H26N2O2. The average Bonchev–Trinajstić information content (AvgIpc) is 2.36. The van der Waals surface area contributed by atoms with Crippen LogP contribution in [-0.2, 0) is 16.1 Å². The molecule has 3 N–H and O–H groups in total.